The van der Waals surface area contributed by atoms with Crippen molar-refractivity contribution in [2.75, 3.05) is 26.3 Å². The molecule has 0 aromatic carbocycles. The number of carbonyl (C=O) groups excluding carboxylic acids is 1. The van der Waals surface area contributed by atoms with E-state index < -0.39 is 27.2 Å². The highest BCUT2D eigenvalue weighted by molar-refractivity contribution is 7.89. The largest absolute Gasteiger partial charge is 0.340 e. The highest BCUT2D eigenvalue weighted by atomic mass is 32.2. The van der Waals surface area contributed by atoms with Crippen molar-refractivity contribution < 1.29 is 27.1 Å². The average Bonchev–Trinajstić information content (AvgIpc) is 3.32. The van der Waals surface area contributed by atoms with Crippen molar-refractivity contribution >= 4 is 15.8 Å². The zero-order valence-electron chi connectivity index (χ0n) is 22.3. The number of alkyl halides is 1. The van der Waals surface area contributed by atoms with E-state index in [2.05, 4.69) is 6.58 Å². The quantitative estimate of drug-likeness (QED) is 0.318. The molecule has 3 unspecified atom stereocenters. The van der Waals surface area contributed by atoms with Crippen LogP contribution >= 0.6 is 0 Å². The zero-order chi connectivity index (χ0) is 26.9. The Morgan fingerprint density at radius 3 is 2.44 bits per heavy atom. The van der Waals surface area contributed by atoms with Crippen LogP contribution in [0.5, 0.6) is 0 Å². The van der Waals surface area contributed by atoms with Crippen LogP contribution in [0.1, 0.15) is 60.3 Å². The molecule has 2 saturated heterocycles. The van der Waals surface area contributed by atoms with Gasteiger partial charge in [0.2, 0.25) is 10.0 Å². The lowest BCUT2D eigenvalue weighted by molar-refractivity contribution is -0.233. The molecule has 6 nitrogen and oxygen atoms in total. The van der Waals surface area contributed by atoms with Crippen molar-refractivity contribution in [1.82, 2.24) is 4.31 Å². The molecule has 2 heterocycles. The van der Waals surface area contributed by atoms with Gasteiger partial charge in [-0.15, -0.1) is 0 Å². The summed E-state index contributed by atoms with van der Waals surface area (Å²) in [5.41, 5.74) is 1.91. The molecule has 2 rings (SSSR count). The predicted octanol–water partition coefficient (Wildman–Crippen LogP) is 5.45. The van der Waals surface area contributed by atoms with Crippen molar-refractivity contribution in [3.8, 4) is 0 Å². The maximum atomic E-state index is 13.9. The molecule has 0 amide bonds. The van der Waals surface area contributed by atoms with Crippen molar-refractivity contribution in [3.05, 3.63) is 59.8 Å². The van der Waals surface area contributed by atoms with Gasteiger partial charge in [0.15, 0.2) is 5.78 Å². The summed E-state index contributed by atoms with van der Waals surface area (Å²) in [5, 5.41) is -0.993. The fraction of sp³-hybridized carbons (Fsp3) is 0.607. The number of allylic oxidation sites excluding steroid dienone is 6. The molecular weight excluding hydrogens is 481 g/mol. The SMILES string of the molecule is C=C(C=CC=CC)C(CC)CC(=O)C1(C(=CC(C)S(=O)(=O)N2CCC(F)C2)C(C)=CC)OCCCO1. The Morgan fingerprint density at radius 2 is 1.92 bits per heavy atom. The molecule has 0 saturated carbocycles. The van der Waals surface area contributed by atoms with E-state index in [9.17, 15) is 17.6 Å². The number of sulfonamides is 1. The van der Waals surface area contributed by atoms with Crippen LogP contribution in [0.4, 0.5) is 4.39 Å². The topological polar surface area (TPSA) is 72.9 Å². The monoisotopic (exact) mass is 523 g/mol. The molecule has 0 radical (unpaired) electrons. The van der Waals surface area contributed by atoms with Gasteiger partial charge in [-0.2, -0.15) is 4.31 Å². The summed E-state index contributed by atoms with van der Waals surface area (Å²) in [6.45, 7) is 13.9. The number of rotatable bonds is 12. The van der Waals surface area contributed by atoms with Crippen molar-refractivity contribution in [3.63, 3.8) is 0 Å². The fourth-order valence-electron chi connectivity index (χ4n) is 4.45. The third-order valence-electron chi connectivity index (χ3n) is 6.87. The van der Waals surface area contributed by atoms with Gasteiger partial charge in [0.05, 0.1) is 18.5 Å². The van der Waals surface area contributed by atoms with Crippen molar-refractivity contribution in [2.24, 2.45) is 5.92 Å². The Hall–Kier alpha value is -1.87. The molecule has 202 valence electrons. The van der Waals surface area contributed by atoms with Gasteiger partial charge in [-0.25, -0.2) is 12.8 Å². The highest BCUT2D eigenvalue weighted by Gasteiger charge is 2.48. The number of Topliss-reactive ketones (excluding diaryl/α,β-unsaturated/α-hetero) is 1. The van der Waals surface area contributed by atoms with Crippen LogP contribution in [0.15, 0.2) is 59.8 Å². The molecule has 8 heteroatoms. The minimum absolute atomic E-state index is 0.121. The highest BCUT2D eigenvalue weighted by Crippen LogP contribution is 2.37. The first-order valence-electron chi connectivity index (χ1n) is 12.8. The standard InChI is InChI=1S/C28H42FNO5S/c1-7-10-11-13-22(5)24(9-3)19-27(31)28(34-16-12-17-35-28)26(21(4)8-2)18-23(6)36(32,33)30-15-14-25(29)20-30/h7-8,10-11,13,18,23-25H,5,9,12,14-17,19-20H2,1-4,6H3. The van der Waals surface area contributed by atoms with Gasteiger partial charge in [-0.05, 0) is 58.4 Å². The van der Waals surface area contributed by atoms with E-state index in [1.807, 2.05) is 58.1 Å². The van der Waals surface area contributed by atoms with Crippen LogP contribution in [-0.4, -0.2) is 62.0 Å². The van der Waals surface area contributed by atoms with Crippen molar-refractivity contribution in [1.29, 1.82) is 0 Å². The van der Waals surface area contributed by atoms with E-state index in [4.69, 9.17) is 9.47 Å². The average molecular weight is 524 g/mol. The summed E-state index contributed by atoms with van der Waals surface area (Å²) in [6, 6.07) is 0. The first-order chi connectivity index (χ1) is 17.0. The molecule has 2 aliphatic heterocycles. The number of hydrogen-bond acceptors (Lipinski definition) is 5. The number of carbonyl (C=O) groups is 1. The Kier molecular flexibility index (Phi) is 11.5. The molecule has 2 fully saturated rings. The molecule has 3 atom stereocenters. The maximum absolute atomic E-state index is 13.9. The number of nitrogens with zero attached hydrogens (tertiary/aromatic N) is 1. The maximum Gasteiger partial charge on any atom is 0.256 e. The predicted molar refractivity (Wildman–Crippen MR) is 143 cm³/mol. The molecule has 0 spiro atoms. The number of ketones is 1. The van der Waals surface area contributed by atoms with Gasteiger partial charge in [0.25, 0.3) is 5.79 Å². The lowest BCUT2D eigenvalue weighted by atomic mass is 9.85. The second-order valence-electron chi connectivity index (χ2n) is 9.41. The molecule has 0 aliphatic carbocycles. The molecule has 36 heavy (non-hydrogen) atoms. The summed E-state index contributed by atoms with van der Waals surface area (Å²) in [4.78, 5) is 13.9. The van der Waals surface area contributed by atoms with Crippen LogP contribution in [-0.2, 0) is 24.3 Å². The summed E-state index contributed by atoms with van der Waals surface area (Å²) in [5.74, 6) is -2.09. The number of ether oxygens (including phenoxy) is 2. The van der Waals surface area contributed by atoms with Crippen LogP contribution in [0, 0.1) is 5.92 Å². The Labute approximate surface area is 216 Å². The smallest absolute Gasteiger partial charge is 0.256 e. The molecule has 0 N–H and O–H groups in total. The summed E-state index contributed by atoms with van der Waals surface area (Å²) in [7, 11) is -3.82. The van der Waals surface area contributed by atoms with Crippen LogP contribution in [0.25, 0.3) is 0 Å². The Morgan fingerprint density at radius 1 is 1.25 bits per heavy atom. The van der Waals surface area contributed by atoms with Crippen molar-refractivity contribution in [2.45, 2.75) is 77.5 Å². The third-order valence-corrected chi connectivity index (χ3v) is 8.99. The van der Waals surface area contributed by atoms with Gasteiger partial charge in [-0.3, -0.25) is 4.79 Å². The minimum atomic E-state index is -3.82. The van der Waals surface area contributed by atoms with Crippen LogP contribution in [0.3, 0.4) is 0 Å². The minimum Gasteiger partial charge on any atom is -0.340 e. The van der Waals surface area contributed by atoms with E-state index in [-0.39, 0.29) is 37.6 Å². The third kappa shape index (κ3) is 7.12. The van der Waals surface area contributed by atoms with E-state index in [1.165, 1.54) is 4.31 Å². The lowest BCUT2D eigenvalue weighted by Crippen LogP contribution is -2.51. The molecule has 2 aliphatic rings. The second kappa shape index (κ2) is 13.6. The van der Waals surface area contributed by atoms with E-state index in [0.29, 0.717) is 37.2 Å². The van der Waals surface area contributed by atoms with Crippen LogP contribution < -0.4 is 0 Å². The van der Waals surface area contributed by atoms with Gasteiger partial charge in [-0.1, -0.05) is 55.5 Å². The first-order valence-corrected chi connectivity index (χ1v) is 14.3. The zero-order valence-corrected chi connectivity index (χ0v) is 23.2. The first kappa shape index (κ1) is 30.4. The molecular formula is C28H42FNO5S. The molecule has 0 aromatic heterocycles. The number of halogens is 1. The van der Waals surface area contributed by atoms with Gasteiger partial charge >= 0.3 is 0 Å². The number of hydrogen-bond donors (Lipinski definition) is 0. The fourth-order valence-corrected chi connectivity index (χ4v) is 5.96. The van der Waals surface area contributed by atoms with Gasteiger partial charge in [0, 0.05) is 25.1 Å². The molecule has 0 bridgehead atoms. The summed E-state index contributed by atoms with van der Waals surface area (Å²) >= 11 is 0. The summed E-state index contributed by atoms with van der Waals surface area (Å²) < 4.78 is 53.6. The normalized spacial score (nSPS) is 23.9. The second-order valence-corrected chi connectivity index (χ2v) is 11.7. The Balaban J connectivity index is 2.47. The lowest BCUT2D eigenvalue weighted by Gasteiger charge is -2.39. The summed E-state index contributed by atoms with van der Waals surface area (Å²) in [6.07, 6.45) is 11.5. The van der Waals surface area contributed by atoms with E-state index in [0.717, 1.165) is 5.57 Å². The van der Waals surface area contributed by atoms with Gasteiger partial charge in [0.1, 0.15) is 6.17 Å². The van der Waals surface area contributed by atoms with Crippen LogP contribution in [0.2, 0.25) is 0 Å². The van der Waals surface area contributed by atoms with E-state index >= 15 is 0 Å². The molecule has 0 aromatic rings. The Bertz CT molecular complexity index is 1000. The van der Waals surface area contributed by atoms with E-state index in [1.54, 1.807) is 13.0 Å². The van der Waals surface area contributed by atoms with Gasteiger partial charge < -0.3 is 9.47 Å².